The Morgan fingerprint density at radius 1 is 1.33 bits per heavy atom. The van der Waals surface area contributed by atoms with Crippen molar-refractivity contribution < 1.29 is 0 Å². The van der Waals surface area contributed by atoms with Crippen molar-refractivity contribution in [3.63, 3.8) is 0 Å². The minimum absolute atomic E-state index is 0.687. The zero-order valence-corrected chi connectivity index (χ0v) is 10.8. The molecule has 1 aliphatic rings. The van der Waals surface area contributed by atoms with Crippen LogP contribution in [0.4, 0.5) is 0 Å². The topological polar surface area (TPSA) is 15.3 Å². The van der Waals surface area contributed by atoms with Crippen LogP contribution in [-0.2, 0) is 0 Å². The van der Waals surface area contributed by atoms with Crippen molar-refractivity contribution >= 4 is 0 Å². The van der Waals surface area contributed by atoms with E-state index in [9.17, 15) is 0 Å². The minimum atomic E-state index is 0.687. The lowest BCUT2D eigenvalue weighted by Gasteiger charge is -2.24. The van der Waals surface area contributed by atoms with E-state index in [1.165, 1.54) is 45.2 Å². The van der Waals surface area contributed by atoms with Gasteiger partial charge in [-0.15, -0.1) is 0 Å². The average Bonchev–Trinajstić information content (AvgIpc) is 3.01. The van der Waals surface area contributed by atoms with E-state index in [4.69, 9.17) is 0 Å². The van der Waals surface area contributed by atoms with E-state index in [0.29, 0.717) is 6.04 Å². The van der Waals surface area contributed by atoms with Crippen LogP contribution in [0.25, 0.3) is 0 Å². The summed E-state index contributed by atoms with van der Waals surface area (Å²) in [6, 6.07) is 0.687. The maximum absolute atomic E-state index is 3.55. The molecule has 0 aromatic heterocycles. The maximum Gasteiger partial charge on any atom is 0.0189 e. The number of unbranched alkanes of at least 4 members (excludes halogenated alkanes) is 2. The molecule has 15 heavy (non-hydrogen) atoms. The molecule has 1 fully saturated rings. The normalized spacial score (nSPS) is 18.4. The summed E-state index contributed by atoms with van der Waals surface area (Å²) >= 11 is 0. The average molecular weight is 212 g/mol. The number of nitrogens with zero attached hydrogens (tertiary/aromatic N) is 1. The predicted molar refractivity (Wildman–Crippen MR) is 67.2 cm³/mol. The van der Waals surface area contributed by atoms with Crippen LogP contribution < -0.4 is 5.32 Å². The quantitative estimate of drug-likeness (QED) is 0.591. The fourth-order valence-corrected chi connectivity index (χ4v) is 1.85. The Hall–Kier alpha value is -0.0800. The van der Waals surface area contributed by atoms with E-state index >= 15 is 0 Å². The van der Waals surface area contributed by atoms with Gasteiger partial charge in [0.25, 0.3) is 0 Å². The van der Waals surface area contributed by atoms with Gasteiger partial charge < -0.3 is 10.2 Å². The summed E-state index contributed by atoms with van der Waals surface area (Å²) < 4.78 is 0. The maximum atomic E-state index is 3.55. The first-order valence-corrected chi connectivity index (χ1v) is 6.65. The molecule has 1 saturated carbocycles. The molecule has 2 heteroatoms. The molecule has 0 saturated heterocycles. The van der Waals surface area contributed by atoms with Crippen LogP contribution in [0.15, 0.2) is 0 Å². The van der Waals surface area contributed by atoms with E-state index in [1.54, 1.807) is 0 Å². The van der Waals surface area contributed by atoms with Gasteiger partial charge >= 0.3 is 0 Å². The van der Waals surface area contributed by atoms with Crippen molar-refractivity contribution in [1.82, 2.24) is 10.2 Å². The summed E-state index contributed by atoms with van der Waals surface area (Å²) in [5.41, 5.74) is 0. The third-order valence-electron chi connectivity index (χ3n) is 3.39. The van der Waals surface area contributed by atoms with Gasteiger partial charge in [-0.1, -0.05) is 19.8 Å². The molecule has 0 aromatic rings. The van der Waals surface area contributed by atoms with E-state index in [2.05, 4.69) is 31.1 Å². The fraction of sp³-hybridized carbons (Fsp3) is 1.00. The molecule has 1 rings (SSSR count). The molecule has 0 heterocycles. The van der Waals surface area contributed by atoms with E-state index in [0.717, 1.165) is 12.5 Å². The van der Waals surface area contributed by atoms with Gasteiger partial charge in [0.1, 0.15) is 0 Å². The molecular formula is C13H28N2. The van der Waals surface area contributed by atoms with Gasteiger partial charge in [-0.2, -0.15) is 0 Å². The van der Waals surface area contributed by atoms with Gasteiger partial charge in [0.2, 0.25) is 0 Å². The van der Waals surface area contributed by atoms with Crippen LogP contribution in [0.3, 0.4) is 0 Å². The first-order valence-electron chi connectivity index (χ1n) is 6.65. The third-order valence-corrected chi connectivity index (χ3v) is 3.39. The zero-order chi connectivity index (χ0) is 11.1. The Morgan fingerprint density at radius 2 is 2.07 bits per heavy atom. The molecule has 0 bridgehead atoms. The van der Waals surface area contributed by atoms with Crippen molar-refractivity contribution in [2.45, 2.75) is 52.0 Å². The lowest BCUT2D eigenvalue weighted by molar-refractivity contribution is 0.241. The highest BCUT2D eigenvalue weighted by Crippen LogP contribution is 2.29. The van der Waals surface area contributed by atoms with Crippen LogP contribution >= 0.6 is 0 Å². The van der Waals surface area contributed by atoms with Crippen LogP contribution in [0, 0.1) is 5.92 Å². The van der Waals surface area contributed by atoms with Gasteiger partial charge in [0.15, 0.2) is 0 Å². The van der Waals surface area contributed by atoms with Crippen LogP contribution in [0.1, 0.15) is 46.0 Å². The van der Waals surface area contributed by atoms with Crippen molar-refractivity contribution in [3.8, 4) is 0 Å². The highest BCUT2D eigenvalue weighted by molar-refractivity contribution is 4.78. The van der Waals surface area contributed by atoms with Gasteiger partial charge in [-0.05, 0) is 45.7 Å². The van der Waals surface area contributed by atoms with E-state index in [-0.39, 0.29) is 0 Å². The molecule has 0 spiro atoms. The Kier molecular flexibility index (Phi) is 6.26. The summed E-state index contributed by atoms with van der Waals surface area (Å²) in [5, 5.41) is 3.55. The van der Waals surface area contributed by atoms with Gasteiger partial charge in [-0.3, -0.25) is 0 Å². The second-order valence-corrected chi connectivity index (χ2v) is 5.14. The van der Waals surface area contributed by atoms with Crippen LogP contribution in [-0.4, -0.2) is 37.6 Å². The van der Waals surface area contributed by atoms with E-state index < -0.39 is 0 Å². The molecule has 1 N–H and O–H groups in total. The number of nitrogens with one attached hydrogen (secondary N) is 1. The molecule has 0 amide bonds. The van der Waals surface area contributed by atoms with Crippen molar-refractivity contribution in [1.29, 1.82) is 0 Å². The summed E-state index contributed by atoms with van der Waals surface area (Å²) in [7, 11) is 2.26. The molecule has 1 atom stereocenters. The summed E-state index contributed by atoms with van der Waals surface area (Å²) in [6.45, 7) is 8.22. The van der Waals surface area contributed by atoms with E-state index in [1.807, 2.05) is 0 Å². The molecule has 0 aromatic carbocycles. The highest BCUT2D eigenvalue weighted by Gasteiger charge is 2.24. The molecule has 1 aliphatic carbocycles. The first kappa shape index (κ1) is 13.0. The standard InChI is InChI=1S/C13H28N2/c1-4-5-6-9-14-10-12(2)15(3)11-13-7-8-13/h12-14H,4-11H2,1-3H3. The smallest absolute Gasteiger partial charge is 0.0189 e. The second kappa shape index (κ2) is 7.24. The van der Waals surface area contributed by atoms with Gasteiger partial charge in [-0.25, -0.2) is 0 Å². The summed E-state index contributed by atoms with van der Waals surface area (Å²) in [6.07, 6.45) is 6.93. The Labute approximate surface area is 95.4 Å². The number of rotatable bonds is 9. The lowest BCUT2D eigenvalue weighted by Crippen LogP contribution is -2.39. The Morgan fingerprint density at radius 3 is 2.67 bits per heavy atom. The predicted octanol–water partition coefficient (Wildman–Crippen LogP) is 2.50. The van der Waals surface area contributed by atoms with Crippen LogP contribution in [0.2, 0.25) is 0 Å². The molecule has 2 nitrogen and oxygen atoms in total. The third kappa shape index (κ3) is 6.16. The molecule has 90 valence electrons. The molecule has 0 aliphatic heterocycles. The minimum Gasteiger partial charge on any atom is -0.315 e. The molecule has 1 unspecified atom stereocenters. The molecule has 0 radical (unpaired) electrons. The van der Waals surface area contributed by atoms with Crippen molar-refractivity contribution in [2.24, 2.45) is 5.92 Å². The summed E-state index contributed by atoms with van der Waals surface area (Å²) in [5.74, 6) is 1.01. The van der Waals surface area contributed by atoms with Crippen molar-refractivity contribution in [2.75, 3.05) is 26.7 Å². The van der Waals surface area contributed by atoms with Gasteiger partial charge in [0, 0.05) is 19.1 Å². The van der Waals surface area contributed by atoms with Crippen LogP contribution in [0.5, 0.6) is 0 Å². The van der Waals surface area contributed by atoms with Gasteiger partial charge in [0.05, 0.1) is 0 Å². The highest BCUT2D eigenvalue weighted by atomic mass is 15.1. The zero-order valence-electron chi connectivity index (χ0n) is 10.8. The fourth-order valence-electron chi connectivity index (χ4n) is 1.85. The Balaban J connectivity index is 1.93. The lowest BCUT2D eigenvalue weighted by atomic mass is 10.2. The molecular weight excluding hydrogens is 184 g/mol. The monoisotopic (exact) mass is 212 g/mol. The SMILES string of the molecule is CCCCCNCC(C)N(C)CC1CC1. The largest absolute Gasteiger partial charge is 0.315 e. The number of likely N-dealkylation sites (N-methyl/N-ethyl adjacent to an activating group) is 1. The second-order valence-electron chi connectivity index (χ2n) is 5.14. The first-order chi connectivity index (χ1) is 7.24. The number of hydrogen-bond donors (Lipinski definition) is 1. The number of hydrogen-bond acceptors (Lipinski definition) is 2. The Bertz CT molecular complexity index is 155. The van der Waals surface area contributed by atoms with Crippen molar-refractivity contribution in [3.05, 3.63) is 0 Å². The summed E-state index contributed by atoms with van der Waals surface area (Å²) in [4.78, 5) is 2.50.